The van der Waals surface area contributed by atoms with Gasteiger partial charge in [0, 0.05) is 8.95 Å². The Bertz CT molecular complexity index is 477. The molecular formula is C7H2Br4N2. The molecule has 1 N–H and O–H groups in total. The number of benzene rings is 1. The van der Waals surface area contributed by atoms with Gasteiger partial charge in [0.2, 0.25) is 0 Å². The maximum atomic E-state index is 4.28. The molecule has 0 amide bonds. The highest BCUT2D eigenvalue weighted by Crippen LogP contribution is 2.36. The minimum atomic E-state index is 0.730. The monoisotopic (exact) mass is 430 g/mol. The third-order valence-electron chi connectivity index (χ3n) is 1.58. The topological polar surface area (TPSA) is 28.7 Å². The molecule has 68 valence electrons. The highest BCUT2D eigenvalue weighted by molar-refractivity contribution is 9.14. The highest BCUT2D eigenvalue weighted by Gasteiger charge is 2.10. The fourth-order valence-corrected chi connectivity index (χ4v) is 2.93. The molecule has 0 saturated carbocycles. The summed E-state index contributed by atoms with van der Waals surface area (Å²) in [7, 11) is 0. The van der Waals surface area contributed by atoms with Crippen LogP contribution in [-0.4, -0.2) is 9.97 Å². The van der Waals surface area contributed by atoms with E-state index >= 15 is 0 Å². The van der Waals surface area contributed by atoms with Crippen LogP contribution in [0.4, 0.5) is 0 Å². The van der Waals surface area contributed by atoms with Crippen LogP contribution in [0.15, 0.2) is 24.2 Å². The van der Waals surface area contributed by atoms with Crippen LogP contribution in [0.3, 0.4) is 0 Å². The summed E-state index contributed by atoms with van der Waals surface area (Å²) in [6, 6.07) is 1.97. The SMILES string of the molecule is Brc1nc2c(Br)c(Br)c(Br)cc2[nH]1. The van der Waals surface area contributed by atoms with Crippen molar-refractivity contribution in [2.45, 2.75) is 0 Å². The van der Waals surface area contributed by atoms with E-state index in [1.165, 1.54) is 0 Å². The van der Waals surface area contributed by atoms with E-state index in [2.05, 4.69) is 73.7 Å². The normalized spacial score (nSPS) is 11.1. The van der Waals surface area contributed by atoms with E-state index in [9.17, 15) is 0 Å². The largest absolute Gasteiger partial charge is 0.332 e. The van der Waals surface area contributed by atoms with Crippen LogP contribution >= 0.6 is 63.7 Å². The second kappa shape index (κ2) is 3.64. The number of nitrogens with zero attached hydrogens (tertiary/aromatic N) is 1. The first kappa shape index (κ1) is 10.1. The quantitative estimate of drug-likeness (QED) is 0.604. The van der Waals surface area contributed by atoms with Crippen LogP contribution in [0.25, 0.3) is 11.0 Å². The number of hydrogen-bond donors (Lipinski definition) is 1. The number of nitrogens with one attached hydrogen (secondary N) is 1. The molecule has 6 heteroatoms. The van der Waals surface area contributed by atoms with E-state index in [1.54, 1.807) is 0 Å². The summed E-state index contributed by atoms with van der Waals surface area (Å²) >= 11 is 13.6. The predicted molar refractivity (Wildman–Crippen MR) is 66.9 cm³/mol. The lowest BCUT2D eigenvalue weighted by molar-refractivity contribution is 1.27. The molecule has 1 aromatic carbocycles. The van der Waals surface area contributed by atoms with Gasteiger partial charge in [0.1, 0.15) is 5.52 Å². The number of rotatable bonds is 0. The summed E-state index contributed by atoms with van der Waals surface area (Å²) in [6.07, 6.45) is 0. The Kier molecular flexibility index (Phi) is 2.84. The Morgan fingerprint density at radius 3 is 2.46 bits per heavy atom. The van der Waals surface area contributed by atoms with Crippen molar-refractivity contribution in [2.24, 2.45) is 0 Å². The van der Waals surface area contributed by atoms with Crippen molar-refractivity contribution >= 4 is 74.8 Å². The lowest BCUT2D eigenvalue weighted by Gasteiger charge is -1.99. The number of halogens is 4. The molecule has 2 nitrogen and oxygen atoms in total. The maximum absolute atomic E-state index is 4.28. The number of fused-ring (bicyclic) bond motifs is 1. The summed E-state index contributed by atoms with van der Waals surface area (Å²) in [6.45, 7) is 0. The lowest BCUT2D eigenvalue weighted by atomic mass is 10.3. The van der Waals surface area contributed by atoms with Crippen molar-refractivity contribution in [1.82, 2.24) is 9.97 Å². The van der Waals surface area contributed by atoms with Crippen molar-refractivity contribution in [3.05, 3.63) is 24.2 Å². The van der Waals surface area contributed by atoms with Crippen LogP contribution in [0.2, 0.25) is 0 Å². The summed E-state index contributed by atoms with van der Waals surface area (Å²) in [5.41, 5.74) is 1.88. The van der Waals surface area contributed by atoms with Gasteiger partial charge in [-0.25, -0.2) is 4.98 Å². The van der Waals surface area contributed by atoms with Gasteiger partial charge in [-0.05, 0) is 69.8 Å². The van der Waals surface area contributed by atoms with Gasteiger partial charge in [0.05, 0.1) is 9.99 Å². The smallest absolute Gasteiger partial charge is 0.175 e. The molecular weight excluding hydrogens is 432 g/mol. The zero-order valence-electron chi connectivity index (χ0n) is 6.04. The molecule has 1 aromatic heterocycles. The molecule has 0 aliphatic carbocycles. The van der Waals surface area contributed by atoms with Gasteiger partial charge in [-0.15, -0.1) is 0 Å². The Labute approximate surface area is 108 Å². The summed E-state index contributed by atoms with van der Waals surface area (Å²) in [4.78, 5) is 7.37. The molecule has 1 heterocycles. The maximum Gasteiger partial charge on any atom is 0.175 e. The van der Waals surface area contributed by atoms with Gasteiger partial charge in [0.25, 0.3) is 0 Å². The molecule has 0 atom stereocenters. The van der Waals surface area contributed by atoms with Gasteiger partial charge >= 0.3 is 0 Å². The minimum absolute atomic E-state index is 0.730. The first-order chi connectivity index (χ1) is 6.09. The average molecular weight is 434 g/mol. The summed E-state index contributed by atoms with van der Waals surface area (Å²) < 4.78 is 3.63. The third-order valence-corrected chi connectivity index (χ3v) is 5.25. The number of H-pyrrole nitrogens is 1. The van der Waals surface area contributed by atoms with E-state index in [4.69, 9.17) is 0 Å². The molecule has 0 unspecified atom stereocenters. The number of aromatic nitrogens is 2. The van der Waals surface area contributed by atoms with E-state index in [-0.39, 0.29) is 0 Å². The fraction of sp³-hybridized carbons (Fsp3) is 0. The van der Waals surface area contributed by atoms with Crippen LogP contribution in [0, 0.1) is 0 Å². The van der Waals surface area contributed by atoms with Crippen molar-refractivity contribution in [2.75, 3.05) is 0 Å². The molecule has 13 heavy (non-hydrogen) atoms. The van der Waals surface area contributed by atoms with Crippen LogP contribution < -0.4 is 0 Å². The van der Waals surface area contributed by atoms with E-state index in [0.717, 1.165) is 29.2 Å². The fourth-order valence-electron chi connectivity index (χ4n) is 1.03. The van der Waals surface area contributed by atoms with Crippen LogP contribution in [-0.2, 0) is 0 Å². The van der Waals surface area contributed by atoms with E-state index in [0.29, 0.717) is 0 Å². The molecule has 0 aliphatic rings. The van der Waals surface area contributed by atoms with Gasteiger partial charge < -0.3 is 4.98 Å². The van der Waals surface area contributed by atoms with Crippen molar-refractivity contribution < 1.29 is 0 Å². The van der Waals surface area contributed by atoms with Gasteiger partial charge in [-0.2, -0.15) is 0 Å². The zero-order chi connectivity index (χ0) is 9.59. The third kappa shape index (κ3) is 1.73. The van der Waals surface area contributed by atoms with Crippen molar-refractivity contribution in [3.8, 4) is 0 Å². The number of imidazole rings is 1. The molecule has 0 saturated heterocycles. The molecule has 0 fully saturated rings. The molecule has 2 rings (SSSR count). The van der Waals surface area contributed by atoms with Crippen LogP contribution in [0.1, 0.15) is 0 Å². The van der Waals surface area contributed by atoms with Crippen molar-refractivity contribution in [3.63, 3.8) is 0 Å². The zero-order valence-corrected chi connectivity index (χ0v) is 12.4. The predicted octanol–water partition coefficient (Wildman–Crippen LogP) is 4.61. The van der Waals surface area contributed by atoms with Gasteiger partial charge in [-0.1, -0.05) is 0 Å². The molecule has 0 aliphatic heterocycles. The lowest BCUT2D eigenvalue weighted by Crippen LogP contribution is -1.76. The summed E-state index contributed by atoms with van der Waals surface area (Å²) in [5, 5.41) is 0. The standard InChI is InChI=1S/C7H2Br4N2/c8-2-1-3-6(5(10)4(2)9)13-7(11)12-3/h1H,(H,12,13). The second-order valence-electron chi connectivity index (χ2n) is 2.41. The van der Waals surface area contributed by atoms with E-state index in [1.807, 2.05) is 6.07 Å². The minimum Gasteiger partial charge on any atom is -0.332 e. The Morgan fingerprint density at radius 2 is 1.77 bits per heavy atom. The van der Waals surface area contributed by atoms with E-state index < -0.39 is 0 Å². The summed E-state index contributed by atoms with van der Waals surface area (Å²) in [5.74, 6) is 0. The molecule has 2 aromatic rings. The molecule has 0 bridgehead atoms. The molecule has 0 radical (unpaired) electrons. The Morgan fingerprint density at radius 1 is 1.08 bits per heavy atom. The van der Waals surface area contributed by atoms with Crippen molar-refractivity contribution in [1.29, 1.82) is 0 Å². The van der Waals surface area contributed by atoms with Crippen LogP contribution in [0.5, 0.6) is 0 Å². The first-order valence-corrected chi connectivity index (χ1v) is 6.45. The highest BCUT2D eigenvalue weighted by atomic mass is 79.9. The number of hydrogen-bond acceptors (Lipinski definition) is 1. The average Bonchev–Trinajstić information content (AvgIpc) is 2.42. The van der Waals surface area contributed by atoms with Gasteiger partial charge in [-0.3, -0.25) is 0 Å². The Balaban J connectivity index is 2.92. The van der Waals surface area contributed by atoms with Gasteiger partial charge in [0.15, 0.2) is 4.73 Å². The number of aromatic amines is 1. The molecule has 0 spiro atoms. The first-order valence-electron chi connectivity index (χ1n) is 3.28. The Hall–Kier alpha value is 0.610. The second-order valence-corrected chi connectivity index (χ2v) is 5.60.